The molecule has 1 saturated carbocycles. The number of imide groups is 1. The molecule has 1 aromatic rings. The maximum absolute atomic E-state index is 13.5. The third-order valence-corrected chi connectivity index (χ3v) is 6.13. The van der Waals surface area contributed by atoms with Gasteiger partial charge < -0.3 is 10.6 Å². The molecule has 162 valence electrons. The van der Waals surface area contributed by atoms with Crippen LogP contribution in [-0.4, -0.2) is 59.4 Å². The fourth-order valence-corrected chi connectivity index (χ4v) is 4.43. The lowest BCUT2D eigenvalue weighted by Crippen LogP contribution is -2.44. The Bertz CT molecular complexity index is 973. The van der Waals surface area contributed by atoms with Crippen LogP contribution in [0.25, 0.3) is 0 Å². The lowest BCUT2D eigenvalue weighted by atomic mass is 10.0. The molecule has 3 amide bonds. The number of aliphatic imine (C=N–C) groups is 1. The van der Waals surface area contributed by atoms with Gasteiger partial charge in [-0.05, 0) is 30.5 Å². The molecule has 7 nitrogen and oxygen atoms in total. The smallest absolute Gasteiger partial charge is 0.261 e. The highest BCUT2D eigenvalue weighted by molar-refractivity contribution is 6.21. The van der Waals surface area contributed by atoms with Crippen LogP contribution in [0.5, 0.6) is 0 Å². The van der Waals surface area contributed by atoms with Gasteiger partial charge in [-0.1, -0.05) is 25.0 Å². The number of carbonyl (C=O) groups is 3. The monoisotopic (exact) mass is 424 g/mol. The van der Waals surface area contributed by atoms with E-state index in [1.54, 1.807) is 24.3 Å². The van der Waals surface area contributed by atoms with Gasteiger partial charge in [-0.25, -0.2) is 4.39 Å². The lowest BCUT2D eigenvalue weighted by molar-refractivity contribution is -0.129. The minimum absolute atomic E-state index is 0.0859. The number of halogens is 1. The molecule has 0 spiro atoms. The molecule has 1 aliphatic carbocycles. The second-order valence-corrected chi connectivity index (χ2v) is 8.10. The Balaban J connectivity index is 1.41. The molecule has 2 N–H and O–H groups in total. The molecular formula is C23H25FN4O3. The summed E-state index contributed by atoms with van der Waals surface area (Å²) in [7, 11) is 0. The van der Waals surface area contributed by atoms with Gasteiger partial charge in [0.25, 0.3) is 17.7 Å². The highest BCUT2D eigenvalue weighted by Gasteiger charge is 2.35. The summed E-state index contributed by atoms with van der Waals surface area (Å²) < 4.78 is 13.5. The van der Waals surface area contributed by atoms with Crippen LogP contribution in [0.4, 0.5) is 4.39 Å². The zero-order valence-corrected chi connectivity index (χ0v) is 17.2. The third-order valence-electron chi connectivity index (χ3n) is 6.13. The predicted octanol–water partition coefficient (Wildman–Crippen LogP) is 2.59. The van der Waals surface area contributed by atoms with E-state index in [1.807, 2.05) is 4.90 Å². The fourth-order valence-electron chi connectivity index (χ4n) is 4.43. The summed E-state index contributed by atoms with van der Waals surface area (Å²) in [5, 5.41) is 0. The average Bonchev–Trinajstić information content (AvgIpc) is 3.39. The summed E-state index contributed by atoms with van der Waals surface area (Å²) in [5.74, 6) is -1.04. The van der Waals surface area contributed by atoms with Crippen LogP contribution in [0.15, 0.2) is 52.4 Å². The first-order chi connectivity index (χ1) is 15.0. The van der Waals surface area contributed by atoms with Crippen molar-refractivity contribution in [3.05, 3.63) is 58.6 Å². The number of hydrogen-bond donors (Lipinski definition) is 1. The standard InChI is InChI=1S/C23H25FN4O3/c24-11-15(14-28-21(29)17-7-3-4-8-18(17)22(28)30)12-26-13-19-20(25)9-10-27(23(19)31)16-5-1-2-6-16/h3-4,7-8,11,13,16H,1-2,5-6,9-10,12,14,25H2/b15-11-,26-13?. The van der Waals surface area contributed by atoms with Crippen molar-refractivity contribution < 1.29 is 18.8 Å². The van der Waals surface area contributed by atoms with Crippen LogP contribution in [0.1, 0.15) is 52.8 Å². The van der Waals surface area contributed by atoms with E-state index in [0.29, 0.717) is 41.7 Å². The molecular weight excluding hydrogens is 399 g/mol. The maximum Gasteiger partial charge on any atom is 0.261 e. The molecule has 0 saturated heterocycles. The molecule has 8 heteroatoms. The number of hydrogen-bond acceptors (Lipinski definition) is 5. The lowest BCUT2D eigenvalue weighted by Gasteiger charge is -2.33. The zero-order valence-electron chi connectivity index (χ0n) is 17.2. The van der Waals surface area contributed by atoms with Gasteiger partial charge in [0.2, 0.25) is 0 Å². The number of amides is 3. The molecule has 0 aromatic heterocycles. The van der Waals surface area contributed by atoms with E-state index in [4.69, 9.17) is 5.73 Å². The molecule has 2 aliphatic heterocycles. The van der Waals surface area contributed by atoms with Crippen LogP contribution in [0.2, 0.25) is 0 Å². The van der Waals surface area contributed by atoms with E-state index in [9.17, 15) is 18.8 Å². The van der Waals surface area contributed by atoms with Gasteiger partial charge in [-0.15, -0.1) is 0 Å². The van der Waals surface area contributed by atoms with Crippen molar-refractivity contribution in [3.8, 4) is 0 Å². The van der Waals surface area contributed by atoms with Crippen molar-refractivity contribution >= 4 is 23.9 Å². The molecule has 0 bridgehead atoms. The Kier molecular flexibility index (Phi) is 5.97. The minimum atomic E-state index is -0.453. The van der Waals surface area contributed by atoms with Gasteiger partial charge in [0.1, 0.15) is 0 Å². The first-order valence-corrected chi connectivity index (χ1v) is 10.5. The second-order valence-electron chi connectivity index (χ2n) is 8.10. The Morgan fingerprint density at radius 1 is 1.10 bits per heavy atom. The van der Waals surface area contributed by atoms with E-state index in [1.165, 1.54) is 6.21 Å². The Labute approximate surface area is 180 Å². The molecule has 0 atom stereocenters. The summed E-state index contributed by atoms with van der Waals surface area (Å²) >= 11 is 0. The van der Waals surface area contributed by atoms with E-state index in [-0.39, 0.29) is 30.6 Å². The Hall–Kier alpha value is -3.29. The Morgan fingerprint density at radius 3 is 2.35 bits per heavy atom. The van der Waals surface area contributed by atoms with Gasteiger partial charge in [-0.3, -0.25) is 24.3 Å². The largest absolute Gasteiger partial charge is 0.401 e. The quantitative estimate of drug-likeness (QED) is 0.561. The topological polar surface area (TPSA) is 96.1 Å². The number of carbonyl (C=O) groups excluding carboxylic acids is 3. The minimum Gasteiger partial charge on any atom is -0.401 e. The van der Waals surface area contributed by atoms with Gasteiger partial charge in [0.15, 0.2) is 0 Å². The predicted molar refractivity (Wildman–Crippen MR) is 114 cm³/mol. The molecule has 3 aliphatic rings. The van der Waals surface area contributed by atoms with Crippen LogP contribution in [-0.2, 0) is 4.79 Å². The summed E-state index contributed by atoms with van der Waals surface area (Å²) in [6, 6.07) is 6.76. The van der Waals surface area contributed by atoms with Crippen molar-refractivity contribution in [1.82, 2.24) is 9.80 Å². The zero-order chi connectivity index (χ0) is 22.0. The second kappa shape index (κ2) is 8.83. The van der Waals surface area contributed by atoms with Crippen molar-refractivity contribution in [3.63, 3.8) is 0 Å². The summed E-state index contributed by atoms with van der Waals surface area (Å²) in [6.45, 7) is 0.330. The normalized spacial score (nSPS) is 20.5. The molecule has 1 fully saturated rings. The molecule has 31 heavy (non-hydrogen) atoms. The fraction of sp³-hybridized carbons (Fsp3) is 0.391. The average molecular weight is 424 g/mol. The Morgan fingerprint density at radius 2 is 1.74 bits per heavy atom. The molecule has 4 rings (SSSR count). The van der Waals surface area contributed by atoms with Gasteiger partial charge in [0.05, 0.1) is 36.1 Å². The molecule has 2 heterocycles. The van der Waals surface area contributed by atoms with Crippen LogP contribution >= 0.6 is 0 Å². The third kappa shape index (κ3) is 4.02. The number of rotatable bonds is 6. The first-order valence-electron chi connectivity index (χ1n) is 10.5. The van der Waals surface area contributed by atoms with Gasteiger partial charge in [0, 0.05) is 30.9 Å². The van der Waals surface area contributed by atoms with Crippen LogP contribution in [0.3, 0.4) is 0 Å². The van der Waals surface area contributed by atoms with E-state index in [0.717, 1.165) is 30.6 Å². The van der Waals surface area contributed by atoms with E-state index in [2.05, 4.69) is 4.99 Å². The van der Waals surface area contributed by atoms with Gasteiger partial charge in [-0.2, -0.15) is 0 Å². The van der Waals surface area contributed by atoms with Crippen molar-refractivity contribution in [2.24, 2.45) is 10.7 Å². The van der Waals surface area contributed by atoms with Crippen molar-refractivity contribution in [2.75, 3.05) is 19.6 Å². The van der Waals surface area contributed by atoms with Crippen LogP contribution < -0.4 is 5.73 Å². The molecule has 0 unspecified atom stereocenters. The number of nitrogens with zero attached hydrogens (tertiary/aromatic N) is 3. The van der Waals surface area contributed by atoms with E-state index >= 15 is 0 Å². The number of benzene rings is 1. The maximum atomic E-state index is 13.5. The van der Waals surface area contributed by atoms with Crippen molar-refractivity contribution in [1.29, 1.82) is 0 Å². The number of nitrogens with two attached hydrogens (primary N) is 1. The van der Waals surface area contributed by atoms with Crippen LogP contribution in [0, 0.1) is 0 Å². The molecule has 0 radical (unpaired) electrons. The highest BCUT2D eigenvalue weighted by Crippen LogP contribution is 2.28. The van der Waals surface area contributed by atoms with E-state index < -0.39 is 11.8 Å². The summed E-state index contributed by atoms with van der Waals surface area (Å²) in [5.41, 5.74) is 7.65. The highest BCUT2D eigenvalue weighted by atomic mass is 19.1. The van der Waals surface area contributed by atoms with Crippen molar-refractivity contribution in [2.45, 2.75) is 38.1 Å². The first kappa shape index (κ1) is 21.0. The SMILES string of the molecule is NC1=C(C=NC/C(=C/F)CN2C(=O)c3ccccc3C2=O)C(=O)N(C2CCCC2)CC1. The summed E-state index contributed by atoms with van der Waals surface area (Å²) in [6.07, 6.45) is 6.59. The van der Waals surface area contributed by atoms with Gasteiger partial charge >= 0.3 is 0 Å². The number of fused-ring (bicyclic) bond motifs is 1. The summed E-state index contributed by atoms with van der Waals surface area (Å²) in [4.78, 5) is 44.9. The molecule has 1 aromatic carbocycles.